The average Bonchev–Trinajstić information content (AvgIpc) is 2.48. The molecule has 0 radical (unpaired) electrons. The summed E-state index contributed by atoms with van der Waals surface area (Å²) in [6, 6.07) is -0.947. The lowest BCUT2D eigenvalue weighted by Gasteiger charge is -2.27. The number of carboxylic acid groups (broad SMARTS) is 1. The molecule has 0 spiro atoms. The van der Waals surface area contributed by atoms with Gasteiger partial charge in [-0.05, 0) is 11.8 Å². The van der Waals surface area contributed by atoms with Crippen LogP contribution in [0.1, 0.15) is 91.9 Å². The molecule has 2 N–H and O–H groups in total. The lowest BCUT2D eigenvalue weighted by molar-refractivity contribution is -0.142. The van der Waals surface area contributed by atoms with Gasteiger partial charge >= 0.3 is 12.1 Å². The molecule has 0 bridgehead atoms. The van der Waals surface area contributed by atoms with E-state index in [-0.39, 0.29) is 0 Å². The number of alkyl carbamates (subject to hydrolysis) is 1. The van der Waals surface area contributed by atoms with Crippen LogP contribution in [0.5, 0.6) is 0 Å². The quantitative estimate of drug-likeness (QED) is 0.454. The third kappa shape index (κ3) is 12.2. The van der Waals surface area contributed by atoms with Crippen molar-refractivity contribution < 1.29 is 19.4 Å². The van der Waals surface area contributed by atoms with Crippen LogP contribution in [0.3, 0.4) is 0 Å². The summed E-state index contributed by atoms with van der Waals surface area (Å²) in [5.41, 5.74) is -0.554. The molecular formula is C19H37NO4. The third-order valence-corrected chi connectivity index (χ3v) is 4.11. The summed E-state index contributed by atoms with van der Waals surface area (Å²) in [6.07, 6.45) is 11.6. The van der Waals surface area contributed by atoms with E-state index in [2.05, 4.69) is 12.2 Å². The number of unbranched alkanes of at least 4 members (excludes halogenated alkanes) is 9. The average molecular weight is 344 g/mol. The van der Waals surface area contributed by atoms with Crippen LogP contribution in [-0.2, 0) is 9.53 Å². The van der Waals surface area contributed by atoms with E-state index >= 15 is 0 Å². The first-order valence-electron chi connectivity index (χ1n) is 9.45. The highest BCUT2D eigenvalue weighted by Crippen LogP contribution is 2.19. The largest absolute Gasteiger partial charge is 0.480 e. The zero-order valence-corrected chi connectivity index (χ0v) is 16.0. The Morgan fingerprint density at radius 3 is 1.79 bits per heavy atom. The second-order valence-electron chi connectivity index (χ2n) is 7.60. The zero-order chi connectivity index (χ0) is 18.4. The van der Waals surface area contributed by atoms with Crippen molar-refractivity contribution in [2.45, 2.75) is 97.9 Å². The van der Waals surface area contributed by atoms with Gasteiger partial charge in [0.25, 0.3) is 0 Å². The predicted molar refractivity (Wildman–Crippen MR) is 97.2 cm³/mol. The molecular weight excluding hydrogens is 306 g/mol. The number of carboxylic acids is 1. The molecule has 0 unspecified atom stereocenters. The number of aliphatic carboxylic acids is 1. The highest BCUT2D eigenvalue weighted by atomic mass is 16.5. The molecule has 0 saturated heterocycles. The summed E-state index contributed by atoms with van der Waals surface area (Å²) in [5.74, 6) is -1.04. The maximum absolute atomic E-state index is 11.7. The first-order chi connectivity index (χ1) is 11.3. The van der Waals surface area contributed by atoms with Gasteiger partial charge in [-0.3, -0.25) is 0 Å². The molecule has 0 saturated carbocycles. The van der Waals surface area contributed by atoms with Gasteiger partial charge in [0.2, 0.25) is 0 Å². The number of nitrogens with one attached hydrogen (secondary N) is 1. The summed E-state index contributed by atoms with van der Waals surface area (Å²) >= 11 is 0. The molecule has 5 heteroatoms. The lowest BCUT2D eigenvalue weighted by atomic mass is 9.87. The van der Waals surface area contributed by atoms with Gasteiger partial charge in [-0.2, -0.15) is 0 Å². The summed E-state index contributed by atoms with van der Waals surface area (Å²) in [7, 11) is 0. The van der Waals surface area contributed by atoms with Crippen LogP contribution in [-0.4, -0.2) is 29.8 Å². The maximum Gasteiger partial charge on any atom is 0.407 e. The Hall–Kier alpha value is -1.26. The second kappa shape index (κ2) is 13.1. The van der Waals surface area contributed by atoms with Crippen LogP contribution < -0.4 is 5.32 Å². The highest BCUT2D eigenvalue weighted by Gasteiger charge is 2.32. The molecule has 24 heavy (non-hydrogen) atoms. The number of rotatable bonds is 13. The van der Waals surface area contributed by atoms with Crippen LogP contribution in [0.2, 0.25) is 0 Å². The zero-order valence-electron chi connectivity index (χ0n) is 16.0. The van der Waals surface area contributed by atoms with Crippen molar-refractivity contribution in [1.82, 2.24) is 5.32 Å². The van der Waals surface area contributed by atoms with E-state index in [4.69, 9.17) is 9.84 Å². The number of amides is 1. The molecule has 1 amide bonds. The predicted octanol–water partition coefficient (Wildman–Crippen LogP) is 5.13. The number of carbonyl (C=O) groups excluding carboxylic acids is 1. The Balaban J connectivity index is 3.60. The molecule has 0 aromatic carbocycles. The fraction of sp³-hybridized carbons (Fsp3) is 0.895. The number of ether oxygens (including phenoxy) is 1. The summed E-state index contributed by atoms with van der Waals surface area (Å²) in [4.78, 5) is 22.8. The summed E-state index contributed by atoms with van der Waals surface area (Å²) in [5, 5.41) is 11.6. The van der Waals surface area contributed by atoms with Crippen molar-refractivity contribution in [3.63, 3.8) is 0 Å². The van der Waals surface area contributed by atoms with Crippen molar-refractivity contribution in [1.29, 1.82) is 0 Å². The fourth-order valence-corrected chi connectivity index (χ4v) is 2.56. The molecule has 0 aliphatic heterocycles. The van der Waals surface area contributed by atoms with Crippen LogP contribution >= 0.6 is 0 Å². The van der Waals surface area contributed by atoms with Gasteiger partial charge in [0.15, 0.2) is 0 Å². The smallest absolute Gasteiger partial charge is 0.407 e. The molecule has 0 fully saturated rings. The van der Waals surface area contributed by atoms with E-state index < -0.39 is 23.5 Å². The number of hydrogen-bond donors (Lipinski definition) is 2. The van der Waals surface area contributed by atoms with Gasteiger partial charge in [0, 0.05) is 0 Å². The van der Waals surface area contributed by atoms with E-state index in [9.17, 15) is 9.59 Å². The molecule has 142 valence electrons. The Morgan fingerprint density at radius 2 is 1.38 bits per heavy atom. The van der Waals surface area contributed by atoms with Gasteiger partial charge in [-0.25, -0.2) is 9.59 Å². The Bertz CT molecular complexity index is 350. The summed E-state index contributed by atoms with van der Waals surface area (Å²) in [6.45, 7) is 7.89. The monoisotopic (exact) mass is 343 g/mol. The molecule has 0 aliphatic rings. The van der Waals surface area contributed by atoms with E-state index in [1.165, 1.54) is 51.4 Å². The van der Waals surface area contributed by atoms with E-state index in [0.717, 1.165) is 12.8 Å². The molecule has 0 heterocycles. The van der Waals surface area contributed by atoms with Gasteiger partial charge in [-0.15, -0.1) is 0 Å². The topological polar surface area (TPSA) is 75.6 Å². The molecule has 0 aromatic rings. The number of hydrogen-bond acceptors (Lipinski definition) is 3. The lowest BCUT2D eigenvalue weighted by Crippen LogP contribution is -2.49. The van der Waals surface area contributed by atoms with Gasteiger partial charge in [0.1, 0.15) is 6.04 Å². The highest BCUT2D eigenvalue weighted by molar-refractivity contribution is 5.80. The van der Waals surface area contributed by atoms with Crippen LogP contribution in [0.25, 0.3) is 0 Å². The minimum atomic E-state index is -1.04. The molecule has 5 nitrogen and oxygen atoms in total. The standard InChI is InChI=1S/C19H37NO4/c1-5-6-7-8-9-10-11-12-13-14-15-24-18(23)20-16(17(21)22)19(2,3)4/h16H,5-15H2,1-4H3,(H,20,23)(H,21,22)/t16-/m1/s1. The third-order valence-electron chi connectivity index (χ3n) is 4.11. The summed E-state index contributed by atoms with van der Waals surface area (Å²) < 4.78 is 5.08. The van der Waals surface area contributed by atoms with Crippen molar-refractivity contribution in [3.8, 4) is 0 Å². The molecule has 0 rings (SSSR count). The van der Waals surface area contributed by atoms with E-state index in [1.54, 1.807) is 20.8 Å². The second-order valence-corrected chi connectivity index (χ2v) is 7.60. The number of carbonyl (C=O) groups is 2. The SMILES string of the molecule is CCCCCCCCCCCCOC(=O)N[C@H](C(=O)O)C(C)(C)C. The van der Waals surface area contributed by atoms with E-state index in [0.29, 0.717) is 6.61 Å². The first kappa shape index (κ1) is 22.7. The molecule has 0 aromatic heterocycles. The maximum atomic E-state index is 11.7. The van der Waals surface area contributed by atoms with Crippen molar-refractivity contribution in [3.05, 3.63) is 0 Å². The van der Waals surface area contributed by atoms with Gasteiger partial charge in [-0.1, -0.05) is 85.5 Å². The minimum Gasteiger partial charge on any atom is -0.480 e. The molecule has 1 atom stereocenters. The first-order valence-corrected chi connectivity index (χ1v) is 9.45. The Kier molecular flexibility index (Phi) is 12.4. The normalized spacial score (nSPS) is 12.7. The Morgan fingerprint density at radius 1 is 0.917 bits per heavy atom. The van der Waals surface area contributed by atoms with Crippen molar-refractivity contribution in [2.24, 2.45) is 5.41 Å². The molecule has 0 aliphatic carbocycles. The van der Waals surface area contributed by atoms with Gasteiger partial charge in [0.05, 0.1) is 6.61 Å². The Labute approximate surface area is 147 Å². The van der Waals surface area contributed by atoms with Crippen LogP contribution in [0.15, 0.2) is 0 Å². The van der Waals surface area contributed by atoms with Crippen LogP contribution in [0, 0.1) is 5.41 Å². The van der Waals surface area contributed by atoms with Gasteiger partial charge < -0.3 is 15.2 Å². The fourth-order valence-electron chi connectivity index (χ4n) is 2.56. The van der Waals surface area contributed by atoms with Crippen molar-refractivity contribution in [2.75, 3.05) is 6.61 Å². The van der Waals surface area contributed by atoms with E-state index in [1.807, 2.05) is 0 Å². The van der Waals surface area contributed by atoms with Crippen LogP contribution in [0.4, 0.5) is 4.79 Å². The minimum absolute atomic E-state index is 0.346. The van der Waals surface area contributed by atoms with Crippen molar-refractivity contribution >= 4 is 12.1 Å².